The van der Waals surface area contributed by atoms with Gasteiger partial charge in [0.25, 0.3) is 0 Å². The van der Waals surface area contributed by atoms with E-state index in [2.05, 4.69) is 10.3 Å². The van der Waals surface area contributed by atoms with Gasteiger partial charge in [0.1, 0.15) is 0 Å². The third-order valence-corrected chi connectivity index (χ3v) is 5.26. The summed E-state index contributed by atoms with van der Waals surface area (Å²) in [6.45, 7) is 2.00. The van der Waals surface area contributed by atoms with E-state index in [1.54, 1.807) is 0 Å². The van der Waals surface area contributed by atoms with Crippen molar-refractivity contribution in [2.45, 2.75) is 51.5 Å². The lowest BCUT2D eigenvalue weighted by Crippen LogP contribution is -2.41. The highest BCUT2D eigenvalue weighted by atomic mass is 16.2. The molecule has 1 aromatic carbocycles. The smallest absolute Gasteiger partial charge is 0.241 e. The molecule has 3 N–H and O–H groups in total. The summed E-state index contributed by atoms with van der Waals surface area (Å²) in [6.07, 6.45) is 8.83. The van der Waals surface area contributed by atoms with E-state index in [4.69, 9.17) is 5.73 Å². The lowest BCUT2D eigenvalue weighted by molar-refractivity contribution is -0.118. The second kappa shape index (κ2) is 7.83. The van der Waals surface area contributed by atoms with E-state index in [-0.39, 0.29) is 5.91 Å². The van der Waals surface area contributed by atoms with Gasteiger partial charge in [0.2, 0.25) is 5.91 Å². The third kappa shape index (κ3) is 4.10. The molecule has 3 rings (SSSR count). The zero-order chi connectivity index (χ0) is 17.8. The van der Waals surface area contributed by atoms with Crippen LogP contribution in [0.5, 0.6) is 0 Å². The number of imidazole rings is 1. The van der Waals surface area contributed by atoms with Crippen molar-refractivity contribution in [1.82, 2.24) is 9.55 Å². The SMILES string of the molecule is Cc1ncn(C)c1-c1ccc(NC(=O)[C@@H](N)C2CCCCCC2)cc1. The van der Waals surface area contributed by atoms with Crippen molar-refractivity contribution in [2.24, 2.45) is 18.7 Å². The molecule has 0 radical (unpaired) electrons. The summed E-state index contributed by atoms with van der Waals surface area (Å²) in [5, 5.41) is 2.97. The van der Waals surface area contributed by atoms with E-state index >= 15 is 0 Å². The van der Waals surface area contributed by atoms with Crippen molar-refractivity contribution in [3.63, 3.8) is 0 Å². The summed E-state index contributed by atoms with van der Waals surface area (Å²) in [7, 11) is 1.98. The lowest BCUT2D eigenvalue weighted by atomic mass is 9.92. The average Bonchev–Trinajstić information content (AvgIpc) is 2.82. The van der Waals surface area contributed by atoms with Crippen molar-refractivity contribution >= 4 is 11.6 Å². The predicted molar refractivity (Wildman–Crippen MR) is 101 cm³/mol. The van der Waals surface area contributed by atoms with Gasteiger partial charge >= 0.3 is 0 Å². The number of rotatable bonds is 4. The van der Waals surface area contributed by atoms with Gasteiger partial charge in [-0.2, -0.15) is 0 Å². The molecule has 1 saturated carbocycles. The topological polar surface area (TPSA) is 72.9 Å². The Kier molecular flexibility index (Phi) is 5.53. The van der Waals surface area contributed by atoms with E-state index in [9.17, 15) is 4.79 Å². The van der Waals surface area contributed by atoms with Gasteiger partial charge in [-0.15, -0.1) is 0 Å². The van der Waals surface area contributed by atoms with Crippen molar-refractivity contribution in [3.8, 4) is 11.3 Å². The molecule has 0 aliphatic heterocycles. The van der Waals surface area contributed by atoms with Gasteiger partial charge < -0.3 is 15.6 Å². The maximum atomic E-state index is 12.5. The van der Waals surface area contributed by atoms with Crippen LogP contribution in [0, 0.1) is 12.8 Å². The molecule has 1 amide bonds. The Bertz CT molecular complexity index is 692. The van der Waals surface area contributed by atoms with Gasteiger partial charge in [-0.25, -0.2) is 4.98 Å². The van der Waals surface area contributed by atoms with Crippen molar-refractivity contribution in [2.75, 3.05) is 5.32 Å². The van der Waals surface area contributed by atoms with Crippen molar-refractivity contribution in [3.05, 3.63) is 36.3 Å². The number of carbonyl (C=O) groups is 1. The van der Waals surface area contributed by atoms with Gasteiger partial charge in [0, 0.05) is 18.3 Å². The summed E-state index contributed by atoms with van der Waals surface area (Å²) >= 11 is 0. The highest BCUT2D eigenvalue weighted by Gasteiger charge is 2.25. The molecule has 1 atom stereocenters. The lowest BCUT2D eigenvalue weighted by Gasteiger charge is -2.21. The number of amides is 1. The molecule has 5 heteroatoms. The molecule has 1 aromatic heterocycles. The van der Waals surface area contributed by atoms with E-state index in [1.165, 1.54) is 25.7 Å². The Hall–Kier alpha value is -2.14. The van der Waals surface area contributed by atoms with Crippen LogP contribution < -0.4 is 11.1 Å². The van der Waals surface area contributed by atoms with Crippen LogP contribution in [-0.2, 0) is 11.8 Å². The first kappa shape index (κ1) is 17.7. The average molecular weight is 340 g/mol. The van der Waals surface area contributed by atoms with E-state index in [1.807, 2.05) is 49.1 Å². The normalized spacial score (nSPS) is 17.1. The number of hydrogen-bond acceptors (Lipinski definition) is 3. The molecular formula is C20H28N4O. The molecule has 134 valence electrons. The number of hydrogen-bond donors (Lipinski definition) is 2. The second-order valence-electron chi connectivity index (χ2n) is 7.13. The first-order valence-electron chi connectivity index (χ1n) is 9.21. The highest BCUT2D eigenvalue weighted by Crippen LogP contribution is 2.26. The summed E-state index contributed by atoms with van der Waals surface area (Å²) in [6, 6.07) is 7.46. The minimum Gasteiger partial charge on any atom is -0.334 e. The maximum absolute atomic E-state index is 12.5. The fourth-order valence-corrected chi connectivity index (χ4v) is 3.78. The van der Waals surface area contributed by atoms with Crippen molar-refractivity contribution in [1.29, 1.82) is 0 Å². The molecule has 0 saturated heterocycles. The number of nitrogens with two attached hydrogens (primary N) is 1. The first-order valence-corrected chi connectivity index (χ1v) is 9.21. The van der Waals surface area contributed by atoms with Gasteiger partial charge in [-0.1, -0.05) is 37.8 Å². The minimum atomic E-state index is -0.419. The molecular weight excluding hydrogens is 312 g/mol. The fourth-order valence-electron chi connectivity index (χ4n) is 3.78. The van der Waals surface area contributed by atoms with Gasteiger partial charge in [0.15, 0.2) is 0 Å². The first-order chi connectivity index (χ1) is 12.1. The summed E-state index contributed by atoms with van der Waals surface area (Å²) < 4.78 is 2.00. The minimum absolute atomic E-state index is 0.0728. The molecule has 5 nitrogen and oxygen atoms in total. The molecule has 1 heterocycles. The molecule has 1 aliphatic carbocycles. The highest BCUT2D eigenvalue weighted by molar-refractivity contribution is 5.95. The number of aromatic nitrogens is 2. The van der Waals surface area contributed by atoms with Crippen LogP contribution in [0.1, 0.15) is 44.2 Å². The van der Waals surface area contributed by atoms with Crippen LogP contribution >= 0.6 is 0 Å². The Morgan fingerprint density at radius 3 is 2.40 bits per heavy atom. The summed E-state index contributed by atoms with van der Waals surface area (Å²) in [5.41, 5.74) is 10.2. The van der Waals surface area contributed by atoms with Crippen LogP contribution in [0.3, 0.4) is 0 Å². The van der Waals surface area contributed by atoms with Crippen LogP contribution in [0.2, 0.25) is 0 Å². The largest absolute Gasteiger partial charge is 0.334 e. The third-order valence-electron chi connectivity index (χ3n) is 5.26. The van der Waals surface area contributed by atoms with Crippen LogP contribution in [0.15, 0.2) is 30.6 Å². The van der Waals surface area contributed by atoms with Crippen molar-refractivity contribution < 1.29 is 4.79 Å². The molecule has 1 fully saturated rings. The van der Waals surface area contributed by atoms with Gasteiger partial charge in [0.05, 0.1) is 23.8 Å². The van der Waals surface area contributed by atoms with E-state index < -0.39 is 6.04 Å². The molecule has 0 unspecified atom stereocenters. The Balaban J connectivity index is 1.65. The number of nitrogens with zero attached hydrogens (tertiary/aromatic N) is 2. The maximum Gasteiger partial charge on any atom is 0.241 e. The van der Waals surface area contributed by atoms with E-state index in [0.717, 1.165) is 35.5 Å². The fraction of sp³-hybridized carbons (Fsp3) is 0.500. The van der Waals surface area contributed by atoms with E-state index in [0.29, 0.717) is 5.92 Å². The molecule has 1 aliphatic rings. The Morgan fingerprint density at radius 1 is 1.20 bits per heavy atom. The van der Waals surface area contributed by atoms with Crippen LogP contribution in [0.25, 0.3) is 11.3 Å². The second-order valence-corrected chi connectivity index (χ2v) is 7.13. The number of anilines is 1. The molecule has 25 heavy (non-hydrogen) atoms. The number of carbonyl (C=O) groups excluding carboxylic acids is 1. The molecule has 2 aromatic rings. The Morgan fingerprint density at radius 2 is 1.84 bits per heavy atom. The monoisotopic (exact) mass is 340 g/mol. The molecule has 0 spiro atoms. The zero-order valence-corrected chi connectivity index (χ0v) is 15.2. The van der Waals surface area contributed by atoms with Crippen LogP contribution in [0.4, 0.5) is 5.69 Å². The summed E-state index contributed by atoms with van der Waals surface area (Å²) in [4.78, 5) is 16.8. The number of benzene rings is 1. The number of aryl methyl sites for hydroxylation is 2. The quantitative estimate of drug-likeness (QED) is 0.835. The van der Waals surface area contributed by atoms with Crippen LogP contribution in [-0.4, -0.2) is 21.5 Å². The standard InChI is InChI=1S/C20H28N4O/c1-14-19(24(2)13-22-14)16-9-11-17(12-10-16)23-20(25)18(21)15-7-5-3-4-6-8-15/h9-13,15,18H,3-8,21H2,1-2H3,(H,23,25)/t18-/m0/s1. The number of nitrogens with one attached hydrogen (secondary N) is 1. The predicted octanol–water partition coefficient (Wildman–Crippen LogP) is 3.63. The van der Waals surface area contributed by atoms with Gasteiger partial charge in [-0.3, -0.25) is 4.79 Å². The Labute approximate surface area is 149 Å². The molecule has 0 bridgehead atoms. The van der Waals surface area contributed by atoms with Gasteiger partial charge in [-0.05, 0) is 37.8 Å². The summed E-state index contributed by atoms with van der Waals surface area (Å²) in [5.74, 6) is 0.232. The zero-order valence-electron chi connectivity index (χ0n) is 15.2.